The number of aryl methyl sites for hydroxylation is 1. The summed E-state index contributed by atoms with van der Waals surface area (Å²) in [7, 11) is 0. The third kappa shape index (κ3) is 3.66. The SMILES string of the molecule is N#Cc1c(N2C(=O)C[C@H](c3ccc([N+](=O)[O-])cc3)C3=C2CCCC3=O)sc2c1CCCCC2. The van der Waals surface area contributed by atoms with Crippen molar-refractivity contribution in [3.8, 4) is 6.07 Å². The first-order chi connectivity index (χ1) is 16.0. The van der Waals surface area contributed by atoms with E-state index in [2.05, 4.69) is 6.07 Å². The largest absolute Gasteiger partial charge is 0.294 e. The number of anilines is 1. The van der Waals surface area contributed by atoms with Gasteiger partial charge < -0.3 is 0 Å². The van der Waals surface area contributed by atoms with Gasteiger partial charge in [-0.25, -0.2) is 0 Å². The lowest BCUT2D eigenvalue weighted by Gasteiger charge is -2.37. The van der Waals surface area contributed by atoms with Crippen LogP contribution in [0.1, 0.15) is 72.4 Å². The number of non-ortho nitro benzene ring substituents is 1. The number of nitrogens with zero attached hydrogens (tertiary/aromatic N) is 3. The lowest BCUT2D eigenvalue weighted by atomic mass is 9.77. The third-order valence-corrected chi connectivity index (χ3v) is 8.18. The predicted octanol–water partition coefficient (Wildman–Crippen LogP) is 5.32. The highest BCUT2D eigenvalue weighted by molar-refractivity contribution is 7.16. The van der Waals surface area contributed by atoms with Crippen LogP contribution in [0, 0.1) is 21.4 Å². The number of fused-ring (bicyclic) bond motifs is 1. The number of nitriles is 1. The average molecular weight is 462 g/mol. The van der Waals surface area contributed by atoms with Gasteiger partial charge >= 0.3 is 0 Å². The highest BCUT2D eigenvalue weighted by Gasteiger charge is 2.41. The number of hydrogen-bond acceptors (Lipinski definition) is 6. The Kier molecular flexibility index (Phi) is 5.59. The standard InChI is InChI=1S/C25H23N3O4S/c26-14-19-17-5-2-1-3-8-22(17)33-25(19)27-20-6-4-7-21(29)24(20)18(13-23(27)30)15-9-11-16(12-10-15)28(31)32/h9-12,18H,1-8,13H2/t18-/m1/s1. The second-order valence-electron chi connectivity index (χ2n) is 8.83. The smallest absolute Gasteiger partial charge is 0.269 e. The number of carbonyl (C=O) groups is 2. The van der Waals surface area contributed by atoms with Gasteiger partial charge in [-0.2, -0.15) is 5.26 Å². The van der Waals surface area contributed by atoms with E-state index in [1.807, 2.05) is 0 Å². The number of amides is 1. The van der Waals surface area contributed by atoms with Gasteiger partial charge in [-0.1, -0.05) is 18.6 Å². The molecular formula is C25H23N3O4S. The van der Waals surface area contributed by atoms with Crippen molar-refractivity contribution in [2.45, 2.75) is 63.7 Å². The van der Waals surface area contributed by atoms with Crippen LogP contribution in [0.2, 0.25) is 0 Å². The van der Waals surface area contributed by atoms with Gasteiger partial charge in [-0.05, 0) is 49.7 Å². The van der Waals surface area contributed by atoms with E-state index in [1.165, 1.54) is 28.3 Å². The van der Waals surface area contributed by atoms with Gasteiger partial charge in [0.2, 0.25) is 5.91 Å². The van der Waals surface area contributed by atoms with E-state index >= 15 is 0 Å². The molecule has 5 rings (SSSR count). The molecule has 3 aliphatic rings. The minimum Gasteiger partial charge on any atom is -0.294 e. The fourth-order valence-electron chi connectivity index (χ4n) is 5.34. The lowest BCUT2D eigenvalue weighted by molar-refractivity contribution is -0.384. The molecule has 1 amide bonds. The van der Waals surface area contributed by atoms with Crippen LogP contribution in [0.3, 0.4) is 0 Å². The van der Waals surface area contributed by atoms with E-state index in [-0.39, 0.29) is 23.8 Å². The molecule has 0 saturated carbocycles. The van der Waals surface area contributed by atoms with Crippen LogP contribution in [0.5, 0.6) is 0 Å². The van der Waals surface area contributed by atoms with Crippen LogP contribution >= 0.6 is 11.3 Å². The van der Waals surface area contributed by atoms with Crippen molar-refractivity contribution in [3.05, 3.63) is 67.2 Å². The molecule has 33 heavy (non-hydrogen) atoms. The van der Waals surface area contributed by atoms with Crippen molar-refractivity contribution in [1.82, 2.24) is 0 Å². The van der Waals surface area contributed by atoms with Crippen LogP contribution in [-0.2, 0) is 22.4 Å². The predicted molar refractivity (Wildman–Crippen MR) is 124 cm³/mol. The molecule has 0 spiro atoms. The van der Waals surface area contributed by atoms with Gasteiger partial charge in [0.25, 0.3) is 5.69 Å². The van der Waals surface area contributed by atoms with Crippen molar-refractivity contribution in [2.24, 2.45) is 0 Å². The number of rotatable bonds is 3. The fourth-order valence-corrected chi connectivity index (χ4v) is 6.72. The van der Waals surface area contributed by atoms with Crippen molar-refractivity contribution in [1.29, 1.82) is 5.26 Å². The Balaban J connectivity index is 1.63. The zero-order valence-corrected chi connectivity index (χ0v) is 19.0. The topological polar surface area (TPSA) is 104 Å². The molecular weight excluding hydrogens is 438 g/mol. The summed E-state index contributed by atoms with van der Waals surface area (Å²) in [5, 5.41) is 21.7. The highest BCUT2D eigenvalue weighted by Crippen LogP contribution is 2.48. The Hall–Kier alpha value is -3.31. The van der Waals surface area contributed by atoms with Crippen LogP contribution in [-0.4, -0.2) is 16.6 Å². The van der Waals surface area contributed by atoms with Gasteiger partial charge in [0.1, 0.15) is 11.1 Å². The van der Waals surface area contributed by atoms with Crippen molar-refractivity contribution < 1.29 is 14.5 Å². The quantitative estimate of drug-likeness (QED) is 0.349. The molecule has 0 unspecified atom stereocenters. The lowest BCUT2D eigenvalue weighted by Crippen LogP contribution is -2.40. The van der Waals surface area contributed by atoms with Crippen molar-refractivity contribution in [2.75, 3.05) is 4.90 Å². The molecule has 1 aromatic heterocycles. The number of Topliss-reactive ketones (excluding diaryl/α,β-unsaturated/α-hetero) is 1. The second kappa shape index (κ2) is 8.56. The Morgan fingerprint density at radius 1 is 1.03 bits per heavy atom. The molecule has 1 atom stereocenters. The third-order valence-electron chi connectivity index (χ3n) is 6.90. The normalized spacial score (nSPS) is 20.7. The monoisotopic (exact) mass is 461 g/mol. The molecule has 1 aromatic carbocycles. The molecule has 0 fully saturated rings. The molecule has 0 N–H and O–H groups in total. The maximum absolute atomic E-state index is 13.5. The van der Waals surface area contributed by atoms with Gasteiger partial charge in [-0.15, -0.1) is 11.3 Å². The van der Waals surface area contributed by atoms with Crippen LogP contribution in [0.15, 0.2) is 35.5 Å². The van der Waals surface area contributed by atoms with E-state index in [0.717, 1.165) is 43.2 Å². The average Bonchev–Trinajstić information content (AvgIpc) is 2.98. The summed E-state index contributed by atoms with van der Waals surface area (Å²) in [5.41, 5.74) is 3.71. The summed E-state index contributed by atoms with van der Waals surface area (Å²) in [5.74, 6) is -0.519. The molecule has 2 heterocycles. The minimum absolute atomic E-state index is 0.0220. The number of nitro groups is 1. The van der Waals surface area contributed by atoms with Crippen LogP contribution in [0.25, 0.3) is 0 Å². The Labute approximate surface area is 195 Å². The number of benzene rings is 1. The molecule has 8 heteroatoms. The van der Waals surface area contributed by atoms with E-state index in [1.54, 1.807) is 17.0 Å². The van der Waals surface area contributed by atoms with Gasteiger partial charge in [0, 0.05) is 47.0 Å². The van der Waals surface area contributed by atoms with Crippen LogP contribution < -0.4 is 4.90 Å². The van der Waals surface area contributed by atoms with E-state index < -0.39 is 10.8 Å². The van der Waals surface area contributed by atoms with Gasteiger partial charge in [0.05, 0.1) is 10.5 Å². The Morgan fingerprint density at radius 2 is 1.79 bits per heavy atom. The molecule has 0 bridgehead atoms. The fraction of sp³-hybridized carbons (Fsp3) is 0.400. The summed E-state index contributed by atoms with van der Waals surface area (Å²) in [6, 6.07) is 8.49. The minimum atomic E-state index is -0.460. The molecule has 2 aliphatic carbocycles. The van der Waals surface area contributed by atoms with Gasteiger partial charge in [-0.3, -0.25) is 24.6 Å². The van der Waals surface area contributed by atoms with Gasteiger partial charge in [0.15, 0.2) is 5.78 Å². The Morgan fingerprint density at radius 3 is 2.52 bits per heavy atom. The molecule has 7 nitrogen and oxygen atoms in total. The number of thiophene rings is 1. The Bertz CT molecular complexity index is 1240. The number of carbonyl (C=O) groups excluding carboxylic acids is 2. The number of hydrogen-bond donors (Lipinski definition) is 0. The van der Waals surface area contributed by atoms with Crippen molar-refractivity contribution in [3.63, 3.8) is 0 Å². The summed E-state index contributed by atoms with van der Waals surface area (Å²) in [4.78, 5) is 40.1. The molecule has 0 radical (unpaired) electrons. The summed E-state index contributed by atoms with van der Waals surface area (Å²) >= 11 is 1.53. The first-order valence-corrected chi connectivity index (χ1v) is 12.2. The zero-order chi connectivity index (χ0) is 23.1. The van der Waals surface area contributed by atoms with E-state index in [4.69, 9.17) is 0 Å². The first kappa shape index (κ1) is 21.5. The summed E-state index contributed by atoms with van der Waals surface area (Å²) in [6.45, 7) is 0. The summed E-state index contributed by atoms with van der Waals surface area (Å²) in [6.07, 6.45) is 6.85. The molecule has 168 valence electrons. The van der Waals surface area contributed by atoms with Crippen LogP contribution in [0.4, 0.5) is 10.7 Å². The van der Waals surface area contributed by atoms with Crippen molar-refractivity contribution >= 4 is 33.7 Å². The zero-order valence-electron chi connectivity index (χ0n) is 18.1. The second-order valence-corrected chi connectivity index (χ2v) is 9.91. The maximum Gasteiger partial charge on any atom is 0.269 e. The van der Waals surface area contributed by atoms with E-state index in [9.17, 15) is 25.0 Å². The number of nitro benzene ring substituents is 1. The maximum atomic E-state index is 13.5. The molecule has 0 saturated heterocycles. The first-order valence-electron chi connectivity index (χ1n) is 11.4. The number of ketones is 1. The molecule has 2 aromatic rings. The molecule has 1 aliphatic heterocycles. The van der Waals surface area contributed by atoms with E-state index in [0.29, 0.717) is 41.1 Å². The highest BCUT2D eigenvalue weighted by atomic mass is 32.1. The summed E-state index contributed by atoms with van der Waals surface area (Å²) < 4.78 is 0. The number of allylic oxidation sites excluding steroid dienone is 2.